The number of aryl methyl sites for hydroxylation is 1. The molecule has 1 heterocycles. The van der Waals surface area contributed by atoms with E-state index in [9.17, 15) is 0 Å². The highest BCUT2D eigenvalue weighted by atomic mass is 14.7. The van der Waals surface area contributed by atoms with Crippen molar-refractivity contribution in [1.82, 2.24) is 4.98 Å². The second-order valence-corrected chi connectivity index (χ2v) is 2.06. The minimum atomic E-state index is 1.23. The van der Waals surface area contributed by atoms with E-state index in [-0.39, 0.29) is 0 Å². The van der Waals surface area contributed by atoms with Crippen LogP contribution in [-0.2, 0) is 0 Å². The van der Waals surface area contributed by atoms with Crippen molar-refractivity contribution in [3.63, 3.8) is 0 Å². The molecule has 1 aromatic rings. The fourth-order valence-corrected chi connectivity index (χ4v) is 0.825. The Bertz CT molecular complexity index is 208. The molecule has 0 unspecified atom stereocenters. The van der Waals surface area contributed by atoms with Crippen LogP contribution in [0.1, 0.15) is 18.2 Å². The van der Waals surface area contributed by atoms with E-state index in [0.29, 0.717) is 0 Å². The number of hydrogen-bond donors (Lipinski definition) is 1. The number of hydrogen-bond acceptors (Lipinski definition) is 0. The molecule has 0 fully saturated rings. The van der Waals surface area contributed by atoms with Crippen LogP contribution in [0.2, 0.25) is 0 Å². The topological polar surface area (TPSA) is 15.8 Å². The molecule has 0 aliphatic rings. The molecule has 0 amide bonds. The Morgan fingerprint density at radius 1 is 1.56 bits per heavy atom. The van der Waals surface area contributed by atoms with Gasteiger partial charge >= 0.3 is 0 Å². The summed E-state index contributed by atoms with van der Waals surface area (Å²) in [6.45, 7) is 4.09. The first-order chi connectivity index (χ1) is 4.34. The molecule has 0 atom stereocenters. The Kier molecular flexibility index (Phi) is 1.73. The first-order valence-electron chi connectivity index (χ1n) is 3.11. The first kappa shape index (κ1) is 6.14. The second kappa shape index (κ2) is 2.53. The number of rotatable bonds is 1. The monoisotopic (exact) mass is 121 g/mol. The van der Waals surface area contributed by atoms with Crippen molar-refractivity contribution in [1.29, 1.82) is 0 Å². The molecule has 1 aromatic heterocycles. The van der Waals surface area contributed by atoms with E-state index >= 15 is 0 Å². The van der Waals surface area contributed by atoms with E-state index in [1.54, 1.807) is 0 Å². The first-order valence-corrected chi connectivity index (χ1v) is 3.11. The van der Waals surface area contributed by atoms with E-state index in [4.69, 9.17) is 0 Å². The zero-order chi connectivity index (χ0) is 6.69. The maximum atomic E-state index is 3.10. The van der Waals surface area contributed by atoms with Gasteiger partial charge < -0.3 is 4.98 Å². The smallest absolute Gasteiger partial charge is 0.0188 e. The average molecular weight is 121 g/mol. The second-order valence-electron chi connectivity index (χ2n) is 2.06. The predicted molar refractivity (Wildman–Crippen MR) is 40.2 cm³/mol. The molecule has 0 saturated heterocycles. The summed E-state index contributed by atoms with van der Waals surface area (Å²) in [6, 6.07) is 2.06. The van der Waals surface area contributed by atoms with Gasteiger partial charge in [0.2, 0.25) is 0 Å². The van der Waals surface area contributed by atoms with Crippen LogP contribution in [0.4, 0.5) is 0 Å². The van der Waals surface area contributed by atoms with Gasteiger partial charge in [-0.3, -0.25) is 0 Å². The van der Waals surface area contributed by atoms with E-state index in [2.05, 4.69) is 24.1 Å². The Balaban J connectivity index is 2.94. The molecule has 0 aliphatic heterocycles. The molecular formula is C8H11N. The summed E-state index contributed by atoms with van der Waals surface area (Å²) < 4.78 is 0. The lowest BCUT2D eigenvalue weighted by Crippen LogP contribution is -1.71. The lowest BCUT2D eigenvalue weighted by Gasteiger charge is -1.85. The zero-order valence-electron chi connectivity index (χ0n) is 5.81. The third-order valence-corrected chi connectivity index (χ3v) is 1.34. The number of aromatic amines is 1. The molecule has 0 saturated carbocycles. The lowest BCUT2D eigenvalue weighted by molar-refractivity contribution is 1.26. The minimum Gasteiger partial charge on any atom is -0.365 e. The van der Waals surface area contributed by atoms with Crippen molar-refractivity contribution in [2.24, 2.45) is 0 Å². The SMILES string of the molecule is C/C=C\c1cc[nH]c1C. The van der Waals surface area contributed by atoms with Crippen LogP contribution in [0.5, 0.6) is 0 Å². The van der Waals surface area contributed by atoms with Crippen LogP contribution in [-0.4, -0.2) is 4.98 Å². The molecule has 1 N–H and O–H groups in total. The highest BCUT2D eigenvalue weighted by molar-refractivity contribution is 5.51. The maximum Gasteiger partial charge on any atom is 0.0188 e. The maximum absolute atomic E-state index is 3.10. The van der Waals surface area contributed by atoms with E-state index in [1.807, 2.05) is 19.2 Å². The molecule has 0 aliphatic carbocycles. The van der Waals surface area contributed by atoms with Gasteiger partial charge in [-0.05, 0) is 25.5 Å². The highest BCUT2D eigenvalue weighted by Crippen LogP contribution is 2.05. The number of aromatic nitrogens is 1. The van der Waals surface area contributed by atoms with Gasteiger partial charge in [0.1, 0.15) is 0 Å². The number of nitrogens with one attached hydrogen (secondary N) is 1. The fourth-order valence-electron chi connectivity index (χ4n) is 0.825. The van der Waals surface area contributed by atoms with Gasteiger partial charge in [-0.2, -0.15) is 0 Å². The van der Waals surface area contributed by atoms with Crippen LogP contribution < -0.4 is 0 Å². The fraction of sp³-hybridized carbons (Fsp3) is 0.250. The summed E-state index contributed by atoms with van der Waals surface area (Å²) in [6.07, 6.45) is 6.08. The Morgan fingerprint density at radius 2 is 2.33 bits per heavy atom. The van der Waals surface area contributed by atoms with Gasteiger partial charge in [0.05, 0.1) is 0 Å². The minimum absolute atomic E-state index is 1.23. The van der Waals surface area contributed by atoms with Crippen molar-refractivity contribution in [2.45, 2.75) is 13.8 Å². The van der Waals surface area contributed by atoms with Crippen molar-refractivity contribution in [2.75, 3.05) is 0 Å². The van der Waals surface area contributed by atoms with Crippen LogP contribution >= 0.6 is 0 Å². The average Bonchev–Trinajstić information content (AvgIpc) is 2.18. The van der Waals surface area contributed by atoms with Crippen molar-refractivity contribution in [3.8, 4) is 0 Å². The largest absolute Gasteiger partial charge is 0.365 e. The summed E-state index contributed by atoms with van der Waals surface area (Å²) in [5, 5.41) is 0. The summed E-state index contributed by atoms with van der Waals surface area (Å²) >= 11 is 0. The van der Waals surface area contributed by atoms with Gasteiger partial charge in [0.15, 0.2) is 0 Å². The van der Waals surface area contributed by atoms with E-state index in [1.165, 1.54) is 11.3 Å². The summed E-state index contributed by atoms with van der Waals surface area (Å²) in [5.74, 6) is 0. The van der Waals surface area contributed by atoms with Crippen molar-refractivity contribution >= 4 is 6.08 Å². The number of allylic oxidation sites excluding steroid dienone is 1. The Hall–Kier alpha value is -0.980. The molecule has 0 bridgehead atoms. The van der Waals surface area contributed by atoms with Gasteiger partial charge in [0.25, 0.3) is 0 Å². The summed E-state index contributed by atoms with van der Waals surface area (Å²) in [4.78, 5) is 3.10. The van der Waals surface area contributed by atoms with Crippen LogP contribution in [0, 0.1) is 6.92 Å². The van der Waals surface area contributed by atoms with Crippen LogP contribution in [0.15, 0.2) is 18.3 Å². The molecule has 0 aromatic carbocycles. The molecule has 9 heavy (non-hydrogen) atoms. The standard InChI is InChI=1S/C8H11N/c1-3-4-8-5-6-9-7(8)2/h3-6,9H,1-2H3/b4-3-. The van der Waals surface area contributed by atoms with Crippen LogP contribution in [0.25, 0.3) is 6.08 Å². The third kappa shape index (κ3) is 1.22. The van der Waals surface area contributed by atoms with Gasteiger partial charge in [0, 0.05) is 11.9 Å². The third-order valence-electron chi connectivity index (χ3n) is 1.34. The zero-order valence-corrected chi connectivity index (χ0v) is 5.81. The van der Waals surface area contributed by atoms with Gasteiger partial charge in [-0.25, -0.2) is 0 Å². The molecular weight excluding hydrogens is 110 g/mol. The Labute approximate surface area is 55.4 Å². The van der Waals surface area contributed by atoms with Crippen LogP contribution in [0.3, 0.4) is 0 Å². The predicted octanol–water partition coefficient (Wildman–Crippen LogP) is 2.36. The molecule has 48 valence electrons. The molecule has 0 radical (unpaired) electrons. The molecule has 1 rings (SSSR count). The van der Waals surface area contributed by atoms with E-state index in [0.717, 1.165) is 0 Å². The highest BCUT2D eigenvalue weighted by Gasteiger charge is 1.89. The number of H-pyrrole nitrogens is 1. The molecule has 1 heteroatoms. The van der Waals surface area contributed by atoms with Gasteiger partial charge in [-0.1, -0.05) is 12.2 Å². The normalized spacial score (nSPS) is 10.9. The quantitative estimate of drug-likeness (QED) is 0.587. The van der Waals surface area contributed by atoms with Gasteiger partial charge in [-0.15, -0.1) is 0 Å². The molecule has 1 nitrogen and oxygen atoms in total. The lowest BCUT2D eigenvalue weighted by atomic mass is 10.2. The van der Waals surface area contributed by atoms with Crippen molar-refractivity contribution < 1.29 is 0 Å². The van der Waals surface area contributed by atoms with Crippen molar-refractivity contribution in [3.05, 3.63) is 29.6 Å². The summed E-state index contributed by atoms with van der Waals surface area (Å²) in [5.41, 5.74) is 2.51. The molecule has 0 spiro atoms. The Morgan fingerprint density at radius 3 is 2.78 bits per heavy atom. The van der Waals surface area contributed by atoms with E-state index < -0.39 is 0 Å². The summed E-state index contributed by atoms with van der Waals surface area (Å²) in [7, 11) is 0.